The molecule has 1 rings (SSSR count). The third-order valence-corrected chi connectivity index (χ3v) is 2.70. The average molecular weight is 154 g/mol. The molecule has 0 bridgehead atoms. The molecule has 1 aliphatic rings. The zero-order valence-corrected chi connectivity index (χ0v) is 7.51. The monoisotopic (exact) mass is 154 g/mol. The quantitative estimate of drug-likeness (QED) is 0.606. The summed E-state index contributed by atoms with van der Waals surface area (Å²) in [5, 5.41) is 9.63. The van der Waals surface area contributed by atoms with Gasteiger partial charge in [-0.2, -0.15) is 0 Å². The van der Waals surface area contributed by atoms with Gasteiger partial charge in [0.2, 0.25) is 0 Å². The minimum Gasteiger partial charge on any atom is -0.392 e. The molecule has 11 heavy (non-hydrogen) atoms. The Morgan fingerprint density at radius 3 is 2.73 bits per heavy atom. The second-order valence-electron chi connectivity index (χ2n) is 3.39. The molecule has 1 aliphatic carbocycles. The fourth-order valence-electron chi connectivity index (χ4n) is 1.72. The Hall–Kier alpha value is -0.300. The molecular formula is C10H18O. The molecule has 1 nitrogen and oxygen atoms in total. The first-order chi connectivity index (χ1) is 5.27. The van der Waals surface area contributed by atoms with E-state index in [1.54, 1.807) is 0 Å². The Morgan fingerprint density at radius 1 is 1.55 bits per heavy atom. The zero-order chi connectivity index (χ0) is 8.27. The first kappa shape index (κ1) is 8.79. The van der Waals surface area contributed by atoms with E-state index in [2.05, 4.69) is 19.9 Å². The molecule has 1 heteroatoms. The highest BCUT2D eigenvalue weighted by Gasteiger charge is 2.20. The van der Waals surface area contributed by atoms with Crippen LogP contribution >= 0.6 is 0 Å². The van der Waals surface area contributed by atoms with E-state index in [1.165, 1.54) is 5.57 Å². The summed E-state index contributed by atoms with van der Waals surface area (Å²) in [6, 6.07) is 0. The normalized spacial score (nSPS) is 31.7. The van der Waals surface area contributed by atoms with E-state index in [4.69, 9.17) is 0 Å². The lowest BCUT2D eigenvalue weighted by Gasteiger charge is -2.26. The van der Waals surface area contributed by atoms with E-state index in [1.807, 2.05) is 0 Å². The molecule has 0 heterocycles. The van der Waals surface area contributed by atoms with Crippen molar-refractivity contribution in [2.75, 3.05) is 0 Å². The van der Waals surface area contributed by atoms with Gasteiger partial charge in [-0.1, -0.05) is 31.9 Å². The van der Waals surface area contributed by atoms with Crippen LogP contribution in [0.3, 0.4) is 0 Å². The maximum atomic E-state index is 9.63. The molecule has 1 N–H and O–H groups in total. The highest BCUT2D eigenvalue weighted by Crippen LogP contribution is 2.27. The summed E-state index contributed by atoms with van der Waals surface area (Å²) in [5.74, 6) is 0.519. The van der Waals surface area contributed by atoms with Crippen molar-refractivity contribution >= 4 is 0 Å². The van der Waals surface area contributed by atoms with Crippen LogP contribution in [0.15, 0.2) is 11.6 Å². The molecule has 0 radical (unpaired) electrons. The number of hydrogen-bond donors (Lipinski definition) is 1. The molecule has 0 aromatic rings. The molecule has 2 unspecified atom stereocenters. The third-order valence-electron chi connectivity index (χ3n) is 2.70. The average Bonchev–Trinajstić information content (AvgIpc) is 2.04. The summed E-state index contributed by atoms with van der Waals surface area (Å²) in [7, 11) is 0. The predicted molar refractivity (Wildman–Crippen MR) is 47.4 cm³/mol. The lowest BCUT2D eigenvalue weighted by atomic mass is 9.84. The fourth-order valence-corrected chi connectivity index (χ4v) is 1.72. The van der Waals surface area contributed by atoms with Gasteiger partial charge in [-0.3, -0.25) is 0 Å². The summed E-state index contributed by atoms with van der Waals surface area (Å²) in [6.07, 6.45) is 6.44. The minimum absolute atomic E-state index is 0.0695. The van der Waals surface area contributed by atoms with Gasteiger partial charge in [0.1, 0.15) is 0 Å². The summed E-state index contributed by atoms with van der Waals surface area (Å²) >= 11 is 0. The lowest BCUT2D eigenvalue weighted by Crippen LogP contribution is -2.23. The summed E-state index contributed by atoms with van der Waals surface area (Å²) in [6.45, 7) is 4.31. The molecule has 0 fully saturated rings. The van der Waals surface area contributed by atoms with E-state index in [0.29, 0.717) is 5.92 Å². The van der Waals surface area contributed by atoms with Gasteiger partial charge in [-0.25, -0.2) is 0 Å². The van der Waals surface area contributed by atoms with Crippen molar-refractivity contribution in [3.05, 3.63) is 11.6 Å². The second kappa shape index (κ2) is 3.91. The number of aliphatic hydroxyl groups is 1. The maximum absolute atomic E-state index is 9.63. The van der Waals surface area contributed by atoms with E-state index in [9.17, 15) is 5.11 Å². The Morgan fingerprint density at radius 2 is 2.27 bits per heavy atom. The molecule has 0 saturated carbocycles. The van der Waals surface area contributed by atoms with Crippen LogP contribution in [0.25, 0.3) is 0 Å². The second-order valence-corrected chi connectivity index (χ2v) is 3.39. The molecule has 0 saturated heterocycles. The Labute approximate surface area is 69.1 Å². The molecule has 64 valence electrons. The van der Waals surface area contributed by atoms with Crippen LogP contribution in [-0.2, 0) is 0 Å². The van der Waals surface area contributed by atoms with Gasteiger partial charge in [-0.05, 0) is 25.2 Å². The summed E-state index contributed by atoms with van der Waals surface area (Å²) in [4.78, 5) is 0. The Bertz CT molecular complexity index is 149. The summed E-state index contributed by atoms with van der Waals surface area (Å²) < 4.78 is 0. The van der Waals surface area contributed by atoms with Gasteiger partial charge in [0.25, 0.3) is 0 Å². The van der Waals surface area contributed by atoms with Crippen molar-refractivity contribution in [2.24, 2.45) is 5.92 Å². The molecule has 0 amide bonds. The van der Waals surface area contributed by atoms with Crippen molar-refractivity contribution in [3.63, 3.8) is 0 Å². The first-order valence-electron chi connectivity index (χ1n) is 4.63. The number of hydrogen-bond acceptors (Lipinski definition) is 1. The maximum Gasteiger partial charge on any atom is 0.0608 e. The largest absolute Gasteiger partial charge is 0.392 e. The van der Waals surface area contributed by atoms with Crippen LogP contribution in [0.2, 0.25) is 0 Å². The number of aliphatic hydroxyl groups excluding tert-OH is 1. The predicted octanol–water partition coefficient (Wildman–Crippen LogP) is 2.50. The van der Waals surface area contributed by atoms with Gasteiger partial charge < -0.3 is 5.11 Å². The van der Waals surface area contributed by atoms with Crippen LogP contribution < -0.4 is 0 Å². The highest BCUT2D eigenvalue weighted by molar-refractivity contribution is 5.08. The van der Waals surface area contributed by atoms with Gasteiger partial charge >= 0.3 is 0 Å². The van der Waals surface area contributed by atoms with Gasteiger partial charge in [0.05, 0.1) is 6.10 Å². The summed E-state index contributed by atoms with van der Waals surface area (Å²) in [5.41, 5.74) is 1.43. The van der Waals surface area contributed by atoms with E-state index in [-0.39, 0.29) is 6.10 Å². The van der Waals surface area contributed by atoms with Crippen LogP contribution in [0.4, 0.5) is 0 Å². The molecule has 0 aromatic heterocycles. The van der Waals surface area contributed by atoms with Crippen molar-refractivity contribution < 1.29 is 5.11 Å². The van der Waals surface area contributed by atoms with Crippen LogP contribution in [-0.4, -0.2) is 11.2 Å². The number of rotatable bonds is 2. The van der Waals surface area contributed by atoms with Crippen molar-refractivity contribution in [1.82, 2.24) is 0 Å². The van der Waals surface area contributed by atoms with Gasteiger partial charge in [0, 0.05) is 0 Å². The van der Waals surface area contributed by atoms with Crippen molar-refractivity contribution in [2.45, 2.75) is 45.6 Å². The molecule has 0 aliphatic heterocycles. The molecule has 0 spiro atoms. The Balaban J connectivity index is 2.51. The van der Waals surface area contributed by atoms with Crippen molar-refractivity contribution in [3.8, 4) is 0 Å². The molecular weight excluding hydrogens is 136 g/mol. The lowest BCUT2D eigenvalue weighted by molar-refractivity contribution is 0.0992. The standard InChI is InChI=1S/C10H18O/c1-3-8-5-6-9(4-2)10(11)7-8/h5,9-11H,3-4,6-7H2,1-2H3. The minimum atomic E-state index is -0.0695. The van der Waals surface area contributed by atoms with Crippen LogP contribution in [0, 0.1) is 5.92 Å². The highest BCUT2D eigenvalue weighted by atomic mass is 16.3. The molecule has 2 atom stereocenters. The molecule has 0 aromatic carbocycles. The van der Waals surface area contributed by atoms with E-state index < -0.39 is 0 Å². The topological polar surface area (TPSA) is 20.2 Å². The van der Waals surface area contributed by atoms with E-state index >= 15 is 0 Å². The Kier molecular flexibility index (Phi) is 3.13. The fraction of sp³-hybridized carbons (Fsp3) is 0.800. The number of allylic oxidation sites excluding steroid dienone is 1. The van der Waals surface area contributed by atoms with E-state index in [0.717, 1.165) is 25.7 Å². The first-order valence-corrected chi connectivity index (χ1v) is 4.63. The zero-order valence-electron chi connectivity index (χ0n) is 7.51. The van der Waals surface area contributed by atoms with Crippen molar-refractivity contribution in [1.29, 1.82) is 0 Å². The van der Waals surface area contributed by atoms with Crippen LogP contribution in [0.5, 0.6) is 0 Å². The van der Waals surface area contributed by atoms with Gasteiger partial charge in [-0.15, -0.1) is 0 Å². The van der Waals surface area contributed by atoms with Gasteiger partial charge in [0.15, 0.2) is 0 Å². The smallest absolute Gasteiger partial charge is 0.0608 e. The van der Waals surface area contributed by atoms with Crippen LogP contribution in [0.1, 0.15) is 39.5 Å². The SMILES string of the molecule is CCC1=CCC(CC)C(O)C1. The third kappa shape index (κ3) is 2.06.